The second-order valence-corrected chi connectivity index (χ2v) is 8.14. The summed E-state index contributed by atoms with van der Waals surface area (Å²) >= 11 is 1.21. The monoisotopic (exact) mass is 396 g/mol. The molecule has 144 valence electrons. The molecular formula is C20H20N4O3S. The average molecular weight is 396 g/mol. The second-order valence-electron chi connectivity index (χ2n) is 7.14. The maximum Gasteiger partial charge on any atom is 0.266 e. The van der Waals surface area contributed by atoms with Gasteiger partial charge in [0.1, 0.15) is 4.83 Å². The Morgan fingerprint density at radius 2 is 2.07 bits per heavy atom. The van der Waals surface area contributed by atoms with E-state index in [-0.39, 0.29) is 23.4 Å². The minimum absolute atomic E-state index is 0.0121. The molecule has 0 radical (unpaired) electrons. The number of hydrogen-bond donors (Lipinski definition) is 1. The summed E-state index contributed by atoms with van der Waals surface area (Å²) in [7, 11) is 1.64. The van der Waals surface area contributed by atoms with E-state index in [1.54, 1.807) is 31.9 Å². The molecule has 0 spiro atoms. The van der Waals surface area contributed by atoms with E-state index in [0.717, 1.165) is 17.7 Å². The predicted molar refractivity (Wildman–Crippen MR) is 110 cm³/mol. The molecule has 0 fully saturated rings. The summed E-state index contributed by atoms with van der Waals surface area (Å²) in [6, 6.07) is 5.67. The molecule has 1 aromatic carbocycles. The van der Waals surface area contributed by atoms with Crippen LogP contribution < -0.4 is 15.8 Å². The third-order valence-corrected chi connectivity index (χ3v) is 6.31. The van der Waals surface area contributed by atoms with Crippen molar-refractivity contribution < 1.29 is 9.59 Å². The van der Waals surface area contributed by atoms with E-state index in [0.29, 0.717) is 26.3 Å². The van der Waals surface area contributed by atoms with Crippen LogP contribution in [-0.2, 0) is 18.3 Å². The van der Waals surface area contributed by atoms with E-state index < -0.39 is 0 Å². The first-order valence-corrected chi connectivity index (χ1v) is 9.78. The molecule has 7 nitrogen and oxygen atoms in total. The van der Waals surface area contributed by atoms with Crippen molar-refractivity contribution in [2.45, 2.75) is 33.2 Å². The van der Waals surface area contributed by atoms with Crippen molar-refractivity contribution in [1.29, 1.82) is 0 Å². The highest BCUT2D eigenvalue weighted by Gasteiger charge is 2.29. The van der Waals surface area contributed by atoms with Gasteiger partial charge in [0.05, 0.1) is 16.6 Å². The Morgan fingerprint density at radius 3 is 2.79 bits per heavy atom. The number of aryl methyl sites for hydroxylation is 2. The molecule has 1 atom stereocenters. The van der Waals surface area contributed by atoms with Gasteiger partial charge in [-0.1, -0.05) is 0 Å². The highest BCUT2D eigenvalue weighted by atomic mass is 32.1. The third kappa shape index (κ3) is 2.80. The van der Waals surface area contributed by atoms with E-state index in [1.165, 1.54) is 22.2 Å². The lowest BCUT2D eigenvalue weighted by Gasteiger charge is -2.20. The van der Waals surface area contributed by atoms with Gasteiger partial charge in [0.2, 0.25) is 5.91 Å². The van der Waals surface area contributed by atoms with Crippen molar-refractivity contribution in [2.24, 2.45) is 7.05 Å². The average Bonchev–Trinajstić information content (AvgIpc) is 3.14. The standard InChI is InChI=1S/C20H20N4O3S/c1-10-7-13-8-14(5-6-15(13)24(10)12(3)25)22-18(26)17-11(2)16-19(28-17)21-9-23(4)20(16)27/h5-6,8-10H,7H2,1-4H3,(H,22,26). The molecule has 3 aromatic rings. The quantitative estimate of drug-likeness (QED) is 0.722. The third-order valence-electron chi connectivity index (χ3n) is 5.11. The number of carbonyl (C=O) groups is 2. The van der Waals surface area contributed by atoms with Crippen molar-refractivity contribution in [3.05, 3.63) is 50.9 Å². The Bertz CT molecular complexity index is 1190. The molecule has 2 amide bonds. The first-order valence-electron chi connectivity index (χ1n) is 8.96. The number of carbonyl (C=O) groups excluding carboxylic acids is 2. The van der Waals surface area contributed by atoms with Gasteiger partial charge < -0.3 is 14.8 Å². The zero-order valence-corrected chi connectivity index (χ0v) is 16.9. The van der Waals surface area contributed by atoms with Crippen LogP contribution in [0, 0.1) is 6.92 Å². The van der Waals surface area contributed by atoms with Gasteiger partial charge in [-0.05, 0) is 49.6 Å². The molecule has 1 unspecified atom stereocenters. The molecule has 1 aliphatic heterocycles. The number of thiophene rings is 1. The van der Waals surface area contributed by atoms with Crippen molar-refractivity contribution >= 4 is 44.7 Å². The minimum Gasteiger partial charge on any atom is -0.321 e. The van der Waals surface area contributed by atoms with Crippen LogP contribution in [0.5, 0.6) is 0 Å². The highest BCUT2D eigenvalue weighted by molar-refractivity contribution is 7.20. The molecule has 2 aromatic heterocycles. The highest BCUT2D eigenvalue weighted by Crippen LogP contribution is 2.34. The van der Waals surface area contributed by atoms with E-state index in [9.17, 15) is 14.4 Å². The van der Waals surface area contributed by atoms with Gasteiger partial charge in [0.15, 0.2) is 0 Å². The lowest BCUT2D eigenvalue weighted by Crippen LogP contribution is -2.33. The molecule has 1 aliphatic rings. The summed E-state index contributed by atoms with van der Waals surface area (Å²) in [5.74, 6) is -0.255. The molecule has 4 rings (SSSR count). The fraction of sp³-hybridized carbons (Fsp3) is 0.300. The Labute approximate surface area is 165 Å². The molecule has 0 saturated heterocycles. The van der Waals surface area contributed by atoms with Crippen LogP contribution in [0.1, 0.15) is 34.6 Å². The fourth-order valence-corrected chi connectivity index (χ4v) is 4.84. The number of aromatic nitrogens is 2. The molecular weight excluding hydrogens is 376 g/mol. The van der Waals surface area contributed by atoms with Crippen molar-refractivity contribution in [3.8, 4) is 0 Å². The van der Waals surface area contributed by atoms with Gasteiger partial charge in [-0.2, -0.15) is 0 Å². The number of benzene rings is 1. The molecule has 0 saturated carbocycles. The van der Waals surface area contributed by atoms with Crippen molar-refractivity contribution in [1.82, 2.24) is 9.55 Å². The first kappa shape index (κ1) is 18.4. The minimum atomic E-state index is -0.267. The maximum absolute atomic E-state index is 12.8. The van der Waals surface area contributed by atoms with E-state index in [4.69, 9.17) is 0 Å². The van der Waals surface area contributed by atoms with E-state index >= 15 is 0 Å². The molecule has 3 heterocycles. The first-order chi connectivity index (χ1) is 13.3. The Morgan fingerprint density at radius 1 is 1.32 bits per heavy atom. The lowest BCUT2D eigenvalue weighted by molar-refractivity contribution is -0.116. The number of hydrogen-bond acceptors (Lipinski definition) is 5. The lowest BCUT2D eigenvalue weighted by atomic mass is 10.1. The Kier molecular flexibility index (Phi) is 4.30. The zero-order chi connectivity index (χ0) is 20.2. The normalized spacial score (nSPS) is 15.7. The van der Waals surface area contributed by atoms with E-state index in [2.05, 4.69) is 10.3 Å². The van der Waals surface area contributed by atoms with Gasteiger partial charge in [-0.25, -0.2) is 4.98 Å². The SMILES string of the molecule is CC(=O)N1c2ccc(NC(=O)c3sc4ncn(C)c(=O)c4c3C)cc2CC1C. The maximum atomic E-state index is 12.8. The van der Waals surface area contributed by atoms with Gasteiger partial charge in [0, 0.05) is 31.4 Å². The van der Waals surface area contributed by atoms with Crippen LogP contribution in [0.4, 0.5) is 11.4 Å². The van der Waals surface area contributed by atoms with Crippen LogP contribution in [0.2, 0.25) is 0 Å². The number of fused-ring (bicyclic) bond motifs is 2. The van der Waals surface area contributed by atoms with Crippen LogP contribution >= 0.6 is 11.3 Å². The Balaban J connectivity index is 1.65. The van der Waals surface area contributed by atoms with Gasteiger partial charge in [-0.3, -0.25) is 14.4 Å². The number of nitrogens with one attached hydrogen (secondary N) is 1. The summed E-state index contributed by atoms with van der Waals surface area (Å²) < 4.78 is 1.41. The number of nitrogens with zero attached hydrogens (tertiary/aromatic N) is 3. The topological polar surface area (TPSA) is 84.3 Å². The van der Waals surface area contributed by atoms with Gasteiger partial charge >= 0.3 is 0 Å². The molecule has 1 N–H and O–H groups in total. The summed E-state index contributed by atoms with van der Waals surface area (Å²) in [5.41, 5.74) is 3.07. The number of anilines is 2. The van der Waals surface area contributed by atoms with Crippen molar-refractivity contribution in [3.63, 3.8) is 0 Å². The van der Waals surface area contributed by atoms with Crippen LogP contribution in [-0.4, -0.2) is 27.4 Å². The summed E-state index contributed by atoms with van der Waals surface area (Å²) in [5, 5.41) is 3.40. The number of rotatable bonds is 2. The Hall–Kier alpha value is -3.00. The predicted octanol–water partition coefficient (Wildman–Crippen LogP) is 2.85. The van der Waals surface area contributed by atoms with Crippen LogP contribution in [0.3, 0.4) is 0 Å². The number of amides is 2. The van der Waals surface area contributed by atoms with Gasteiger partial charge in [0.25, 0.3) is 11.5 Å². The summed E-state index contributed by atoms with van der Waals surface area (Å²) in [6.45, 7) is 5.34. The molecule has 8 heteroatoms. The summed E-state index contributed by atoms with van der Waals surface area (Å²) in [6.07, 6.45) is 2.21. The van der Waals surface area contributed by atoms with Crippen molar-refractivity contribution in [2.75, 3.05) is 10.2 Å². The molecule has 28 heavy (non-hydrogen) atoms. The van der Waals surface area contributed by atoms with Crippen LogP contribution in [0.15, 0.2) is 29.3 Å². The second kappa shape index (κ2) is 6.56. The van der Waals surface area contributed by atoms with Gasteiger partial charge in [-0.15, -0.1) is 11.3 Å². The smallest absolute Gasteiger partial charge is 0.266 e. The summed E-state index contributed by atoms with van der Waals surface area (Å²) in [4.78, 5) is 44.1. The largest absolute Gasteiger partial charge is 0.321 e. The fourth-order valence-electron chi connectivity index (χ4n) is 3.80. The van der Waals surface area contributed by atoms with Crippen LogP contribution in [0.25, 0.3) is 10.2 Å². The molecule has 0 aliphatic carbocycles. The molecule has 0 bridgehead atoms. The zero-order valence-electron chi connectivity index (χ0n) is 16.1. The van der Waals surface area contributed by atoms with E-state index in [1.807, 2.05) is 19.1 Å².